The van der Waals surface area contributed by atoms with Crippen LogP contribution in [-0.2, 0) is 11.3 Å². The van der Waals surface area contributed by atoms with Gasteiger partial charge in [0.05, 0.1) is 12.2 Å². The molecule has 118 valence electrons. The molecule has 2 aromatic heterocycles. The smallest absolute Gasteiger partial charge is 0.245 e. The number of benzene rings is 1. The maximum absolute atomic E-state index is 12.4. The first-order valence-corrected chi connectivity index (χ1v) is 7.39. The molecule has 2 heterocycles. The summed E-state index contributed by atoms with van der Waals surface area (Å²) in [6.45, 7) is 2.19. The van der Waals surface area contributed by atoms with Crippen molar-refractivity contribution in [1.82, 2.24) is 35.3 Å². The highest BCUT2D eigenvalue weighted by Gasteiger charge is 2.19. The first kappa shape index (κ1) is 14.9. The van der Waals surface area contributed by atoms with Crippen molar-refractivity contribution in [2.75, 3.05) is 0 Å². The van der Waals surface area contributed by atoms with E-state index >= 15 is 0 Å². The SMILES string of the molecule is CCC(C(=O)NCc1nnnn1-c1ccccc1)n1cccn1. The molecular formula is C15H17N7O. The number of hydrogen-bond donors (Lipinski definition) is 1. The van der Waals surface area contributed by atoms with Crippen LogP contribution in [0.25, 0.3) is 5.69 Å². The lowest BCUT2D eigenvalue weighted by Gasteiger charge is -2.15. The predicted octanol–water partition coefficient (Wildman–Crippen LogP) is 1.13. The zero-order chi connectivity index (χ0) is 16.1. The lowest BCUT2D eigenvalue weighted by atomic mass is 10.2. The number of hydrogen-bond acceptors (Lipinski definition) is 5. The largest absolute Gasteiger partial charge is 0.347 e. The molecule has 0 spiro atoms. The number of carbonyl (C=O) groups is 1. The molecule has 0 aliphatic heterocycles. The van der Waals surface area contributed by atoms with E-state index in [0.29, 0.717) is 12.2 Å². The maximum atomic E-state index is 12.4. The average molecular weight is 311 g/mol. The fraction of sp³-hybridized carbons (Fsp3) is 0.267. The van der Waals surface area contributed by atoms with Gasteiger partial charge >= 0.3 is 0 Å². The van der Waals surface area contributed by atoms with E-state index in [1.54, 1.807) is 27.8 Å². The zero-order valence-corrected chi connectivity index (χ0v) is 12.7. The molecule has 0 radical (unpaired) electrons. The number of carbonyl (C=O) groups excluding carboxylic acids is 1. The minimum Gasteiger partial charge on any atom is -0.347 e. The second-order valence-corrected chi connectivity index (χ2v) is 4.97. The van der Waals surface area contributed by atoms with Crippen LogP contribution >= 0.6 is 0 Å². The Morgan fingerprint density at radius 1 is 1.26 bits per heavy atom. The highest BCUT2D eigenvalue weighted by Crippen LogP contribution is 2.11. The quantitative estimate of drug-likeness (QED) is 0.737. The van der Waals surface area contributed by atoms with E-state index < -0.39 is 0 Å². The Morgan fingerprint density at radius 3 is 2.78 bits per heavy atom. The number of nitrogens with zero attached hydrogens (tertiary/aromatic N) is 6. The van der Waals surface area contributed by atoms with Crippen LogP contribution in [0.3, 0.4) is 0 Å². The summed E-state index contributed by atoms with van der Waals surface area (Å²) >= 11 is 0. The van der Waals surface area contributed by atoms with Crippen LogP contribution < -0.4 is 5.32 Å². The predicted molar refractivity (Wildman–Crippen MR) is 82.6 cm³/mol. The Kier molecular flexibility index (Phi) is 4.41. The van der Waals surface area contributed by atoms with Gasteiger partial charge in [-0.25, -0.2) is 0 Å². The van der Waals surface area contributed by atoms with Crippen LogP contribution in [0.1, 0.15) is 25.2 Å². The third kappa shape index (κ3) is 3.25. The molecule has 8 nitrogen and oxygen atoms in total. The number of para-hydroxylation sites is 1. The third-order valence-electron chi connectivity index (χ3n) is 3.49. The van der Waals surface area contributed by atoms with Crippen molar-refractivity contribution in [3.63, 3.8) is 0 Å². The summed E-state index contributed by atoms with van der Waals surface area (Å²) in [5.74, 6) is 0.457. The third-order valence-corrected chi connectivity index (χ3v) is 3.49. The summed E-state index contributed by atoms with van der Waals surface area (Å²) in [5.41, 5.74) is 0.848. The van der Waals surface area contributed by atoms with E-state index in [9.17, 15) is 4.79 Å². The second-order valence-electron chi connectivity index (χ2n) is 4.97. The van der Waals surface area contributed by atoms with Crippen molar-refractivity contribution in [2.24, 2.45) is 0 Å². The van der Waals surface area contributed by atoms with Gasteiger partial charge in [0.2, 0.25) is 5.91 Å². The number of nitrogens with one attached hydrogen (secondary N) is 1. The van der Waals surface area contributed by atoms with Gasteiger partial charge in [-0.3, -0.25) is 9.48 Å². The topological polar surface area (TPSA) is 90.5 Å². The number of tetrazole rings is 1. The molecule has 1 amide bonds. The molecule has 1 aromatic carbocycles. The minimum absolute atomic E-state index is 0.112. The molecule has 0 fully saturated rings. The molecule has 1 atom stereocenters. The van der Waals surface area contributed by atoms with Crippen molar-refractivity contribution in [2.45, 2.75) is 25.9 Å². The van der Waals surface area contributed by atoms with E-state index in [4.69, 9.17) is 0 Å². The summed E-state index contributed by atoms with van der Waals surface area (Å²) < 4.78 is 3.25. The van der Waals surface area contributed by atoms with Crippen LogP contribution in [0.15, 0.2) is 48.8 Å². The van der Waals surface area contributed by atoms with Crippen molar-refractivity contribution in [3.8, 4) is 5.69 Å². The van der Waals surface area contributed by atoms with Crippen LogP contribution in [0.4, 0.5) is 0 Å². The van der Waals surface area contributed by atoms with Gasteiger partial charge in [-0.15, -0.1) is 5.10 Å². The summed E-state index contributed by atoms with van der Waals surface area (Å²) in [6, 6.07) is 11.0. The van der Waals surface area contributed by atoms with E-state index in [2.05, 4.69) is 25.9 Å². The van der Waals surface area contributed by atoms with Crippen LogP contribution in [0, 0.1) is 0 Å². The summed E-state index contributed by atoms with van der Waals surface area (Å²) in [6.07, 6.45) is 4.09. The molecule has 1 N–H and O–H groups in total. The molecule has 3 rings (SSSR count). The van der Waals surface area contributed by atoms with Gasteiger partial charge in [0.25, 0.3) is 0 Å². The highest BCUT2D eigenvalue weighted by atomic mass is 16.2. The molecule has 8 heteroatoms. The number of amides is 1. The fourth-order valence-corrected chi connectivity index (χ4v) is 2.33. The van der Waals surface area contributed by atoms with Crippen LogP contribution in [-0.4, -0.2) is 35.9 Å². The summed E-state index contributed by atoms with van der Waals surface area (Å²) in [4.78, 5) is 12.4. The Hall–Kier alpha value is -3.03. The van der Waals surface area contributed by atoms with Gasteiger partial charge < -0.3 is 5.32 Å². The van der Waals surface area contributed by atoms with E-state index in [1.807, 2.05) is 37.3 Å². The molecule has 0 saturated carbocycles. The molecule has 0 aliphatic carbocycles. The van der Waals surface area contributed by atoms with Gasteiger partial charge in [-0.1, -0.05) is 25.1 Å². The molecule has 23 heavy (non-hydrogen) atoms. The van der Waals surface area contributed by atoms with Crippen molar-refractivity contribution < 1.29 is 4.79 Å². The zero-order valence-electron chi connectivity index (χ0n) is 12.7. The molecule has 1 unspecified atom stereocenters. The van der Waals surface area contributed by atoms with E-state index in [0.717, 1.165) is 5.69 Å². The van der Waals surface area contributed by atoms with Crippen molar-refractivity contribution in [1.29, 1.82) is 0 Å². The summed E-state index contributed by atoms with van der Waals surface area (Å²) in [5, 5.41) is 18.6. The highest BCUT2D eigenvalue weighted by molar-refractivity contribution is 5.80. The average Bonchev–Trinajstić information content (AvgIpc) is 3.26. The van der Waals surface area contributed by atoms with E-state index in [1.165, 1.54) is 0 Å². The lowest BCUT2D eigenvalue weighted by molar-refractivity contribution is -0.124. The van der Waals surface area contributed by atoms with Gasteiger partial charge in [-0.2, -0.15) is 9.78 Å². The molecule has 0 bridgehead atoms. The molecule has 0 saturated heterocycles. The first-order chi connectivity index (χ1) is 11.3. The lowest BCUT2D eigenvalue weighted by Crippen LogP contribution is -2.33. The Bertz CT molecular complexity index is 751. The van der Waals surface area contributed by atoms with Gasteiger partial charge in [-0.05, 0) is 35.0 Å². The van der Waals surface area contributed by atoms with Gasteiger partial charge in [0.15, 0.2) is 5.82 Å². The summed E-state index contributed by atoms with van der Waals surface area (Å²) in [7, 11) is 0. The standard InChI is InChI=1S/C15H17N7O/c1-2-13(21-10-6-9-17-21)15(23)16-11-14-18-19-20-22(14)12-7-4-3-5-8-12/h3-10,13H,2,11H2,1H3,(H,16,23). The van der Waals surface area contributed by atoms with Crippen LogP contribution in [0.5, 0.6) is 0 Å². The van der Waals surface area contributed by atoms with Gasteiger partial charge in [0, 0.05) is 12.4 Å². The number of rotatable bonds is 6. The van der Waals surface area contributed by atoms with Gasteiger partial charge in [0.1, 0.15) is 6.04 Å². The molecule has 0 aliphatic rings. The normalized spacial score (nSPS) is 12.0. The monoisotopic (exact) mass is 311 g/mol. The first-order valence-electron chi connectivity index (χ1n) is 7.39. The van der Waals surface area contributed by atoms with Crippen molar-refractivity contribution >= 4 is 5.91 Å². The van der Waals surface area contributed by atoms with E-state index in [-0.39, 0.29) is 18.5 Å². The Balaban J connectivity index is 1.69. The Morgan fingerprint density at radius 2 is 2.09 bits per heavy atom. The van der Waals surface area contributed by atoms with Crippen LogP contribution in [0.2, 0.25) is 0 Å². The minimum atomic E-state index is -0.342. The fourth-order valence-electron chi connectivity index (χ4n) is 2.33. The van der Waals surface area contributed by atoms with Crippen molar-refractivity contribution in [3.05, 3.63) is 54.6 Å². The maximum Gasteiger partial charge on any atom is 0.245 e. The number of aromatic nitrogens is 6. The molecular weight excluding hydrogens is 294 g/mol. The second kappa shape index (κ2) is 6.82. The Labute approximate surface area is 133 Å². The molecule has 3 aromatic rings.